The highest BCUT2D eigenvalue weighted by Gasteiger charge is 2.23. The minimum atomic E-state index is -4.62. The molecular formula is C74H127N2O6P. The summed E-state index contributed by atoms with van der Waals surface area (Å²) in [4.78, 5) is 25.6. The Balaban J connectivity index is 4.15. The smallest absolute Gasteiger partial charge is 0.268 e. The van der Waals surface area contributed by atoms with Gasteiger partial charge in [-0.25, -0.2) is 0 Å². The van der Waals surface area contributed by atoms with E-state index >= 15 is 0 Å². The molecule has 0 fully saturated rings. The topological polar surface area (TPSA) is 108 Å². The molecule has 0 radical (unpaired) electrons. The number of quaternary nitrogens is 1. The number of aliphatic hydroxyl groups excluding tert-OH is 1. The first-order valence-electron chi connectivity index (χ1n) is 33.7. The van der Waals surface area contributed by atoms with Crippen molar-refractivity contribution >= 4 is 13.7 Å². The van der Waals surface area contributed by atoms with Gasteiger partial charge in [-0.1, -0.05) is 295 Å². The average Bonchev–Trinajstić information content (AvgIpc) is 3.49. The highest BCUT2D eigenvalue weighted by molar-refractivity contribution is 7.45. The second-order valence-electron chi connectivity index (χ2n) is 23.4. The monoisotopic (exact) mass is 1170 g/mol. The molecule has 0 saturated carbocycles. The van der Waals surface area contributed by atoms with Crippen molar-refractivity contribution in [2.24, 2.45) is 0 Å². The Morgan fingerprint density at radius 1 is 0.434 bits per heavy atom. The lowest BCUT2D eigenvalue weighted by Crippen LogP contribution is -2.45. The van der Waals surface area contributed by atoms with Gasteiger partial charge in [-0.2, -0.15) is 0 Å². The Morgan fingerprint density at radius 2 is 0.747 bits per heavy atom. The summed E-state index contributed by atoms with van der Waals surface area (Å²) in [6.45, 7) is 4.51. The number of rotatable bonds is 60. The second-order valence-corrected chi connectivity index (χ2v) is 24.8. The fourth-order valence-electron chi connectivity index (χ4n) is 9.08. The van der Waals surface area contributed by atoms with Gasteiger partial charge in [-0.3, -0.25) is 9.36 Å². The molecule has 0 aliphatic heterocycles. The Bertz CT molecular complexity index is 1860. The summed E-state index contributed by atoms with van der Waals surface area (Å²) in [7, 11) is 1.23. The minimum absolute atomic E-state index is 0.0135. The van der Waals surface area contributed by atoms with Crippen molar-refractivity contribution in [3.05, 3.63) is 146 Å². The lowest BCUT2D eigenvalue weighted by Gasteiger charge is -2.29. The summed E-state index contributed by atoms with van der Waals surface area (Å²) < 4.78 is 23.4. The van der Waals surface area contributed by atoms with E-state index in [4.69, 9.17) is 9.05 Å². The Hall–Kier alpha value is -3.62. The summed E-state index contributed by atoms with van der Waals surface area (Å²) in [6.07, 6.45) is 96.7. The molecule has 0 rings (SSSR count). The van der Waals surface area contributed by atoms with E-state index in [-0.39, 0.29) is 12.5 Å². The van der Waals surface area contributed by atoms with Gasteiger partial charge < -0.3 is 28.8 Å². The van der Waals surface area contributed by atoms with Gasteiger partial charge in [0.25, 0.3) is 7.82 Å². The molecule has 8 nitrogen and oxygen atoms in total. The maximum absolute atomic E-state index is 13.0. The predicted molar refractivity (Wildman–Crippen MR) is 361 cm³/mol. The number of likely N-dealkylation sites (N-methyl/N-ethyl adjacent to an activating group) is 1. The van der Waals surface area contributed by atoms with Crippen molar-refractivity contribution < 1.29 is 32.9 Å². The van der Waals surface area contributed by atoms with Crippen LogP contribution in [-0.4, -0.2) is 68.5 Å². The summed E-state index contributed by atoms with van der Waals surface area (Å²) >= 11 is 0. The molecule has 3 atom stereocenters. The molecule has 0 aliphatic carbocycles. The van der Waals surface area contributed by atoms with Crippen LogP contribution in [0.5, 0.6) is 0 Å². The molecule has 9 heteroatoms. The van der Waals surface area contributed by atoms with E-state index in [0.29, 0.717) is 17.4 Å². The lowest BCUT2D eigenvalue weighted by molar-refractivity contribution is -0.870. The number of carbonyl (C=O) groups excluding carboxylic acids is 1. The third-order valence-corrected chi connectivity index (χ3v) is 15.2. The number of allylic oxidation sites excluding steroid dienone is 23. The number of hydrogen-bond acceptors (Lipinski definition) is 6. The molecule has 0 bridgehead atoms. The maximum atomic E-state index is 13.0. The van der Waals surface area contributed by atoms with Crippen molar-refractivity contribution in [1.82, 2.24) is 5.32 Å². The van der Waals surface area contributed by atoms with E-state index < -0.39 is 26.6 Å². The van der Waals surface area contributed by atoms with Crippen LogP contribution in [0, 0.1) is 0 Å². The van der Waals surface area contributed by atoms with Crippen LogP contribution in [0.3, 0.4) is 0 Å². The number of hydrogen-bond donors (Lipinski definition) is 2. The van der Waals surface area contributed by atoms with Crippen LogP contribution in [-0.2, 0) is 18.4 Å². The van der Waals surface area contributed by atoms with Crippen molar-refractivity contribution in [3.63, 3.8) is 0 Å². The largest absolute Gasteiger partial charge is 0.756 e. The van der Waals surface area contributed by atoms with Crippen LogP contribution in [0.1, 0.15) is 264 Å². The quantitative estimate of drug-likeness (QED) is 0.0272. The summed E-state index contributed by atoms with van der Waals surface area (Å²) in [5, 5.41) is 13.9. The van der Waals surface area contributed by atoms with Crippen molar-refractivity contribution in [3.8, 4) is 0 Å². The normalized spacial score (nSPS) is 14.6. The molecular weight excluding hydrogens is 1040 g/mol. The Labute approximate surface area is 512 Å². The standard InChI is InChI=1S/C74H127N2O6P/c1-6-8-10-12-14-16-18-20-22-24-26-28-29-30-31-32-33-34-35-36-37-38-39-40-41-42-43-44-45-46-47-48-50-52-54-56-58-60-62-64-66-68-74(78)75-72(71-82-83(79,80)81-70-69-76(3,4)5)73(77)67-65-63-61-59-57-55-53-51-49-27-25-23-21-19-17-15-13-11-9-7-2/h8,10,14,16,20,22,26,28,30-31,33-34,36-37,39-40,42-43,45-46,57,59,65,67,72-73,77H,6-7,9,11-13,15,17-19,21,23-25,27,29,32,35,38,41,44,47-56,58,60-64,66,68-71H2,1-5H3,(H-,75,78,79,80)/b10-8-,16-14-,22-20-,28-26-,31-30-,34-33-,37-36-,40-39-,43-42-,46-45-,59-57+,67-65+. The highest BCUT2D eigenvalue weighted by atomic mass is 31.2. The number of nitrogens with one attached hydrogen (secondary N) is 1. The minimum Gasteiger partial charge on any atom is -0.756 e. The number of phosphoric acid groups is 1. The van der Waals surface area contributed by atoms with Crippen molar-refractivity contribution in [2.45, 2.75) is 276 Å². The van der Waals surface area contributed by atoms with Gasteiger partial charge in [0.2, 0.25) is 5.91 Å². The van der Waals surface area contributed by atoms with Gasteiger partial charge in [-0.05, 0) is 109 Å². The number of aliphatic hydroxyl groups is 1. The molecule has 1 amide bonds. The zero-order chi connectivity index (χ0) is 60.5. The number of nitrogens with zero attached hydrogens (tertiary/aromatic N) is 1. The molecule has 0 spiro atoms. The van der Waals surface area contributed by atoms with E-state index in [9.17, 15) is 19.4 Å². The van der Waals surface area contributed by atoms with Gasteiger partial charge in [0, 0.05) is 6.42 Å². The molecule has 0 heterocycles. The SMILES string of the molecule is CC/C=C\C/C=C\C/C=C\C/C=C\C/C=C\C/C=C\C/C=C\C/C=C\C/C=C\C/C=C\CCCCCCCCCCCCC(=O)NC(COP(=O)([O-])OCC[N+](C)(C)C)C(O)/C=C/CC/C=C/CCCCCCCCCCCCCCCC. The molecule has 3 unspecified atom stereocenters. The van der Waals surface area contributed by atoms with Crippen LogP contribution >= 0.6 is 7.82 Å². The molecule has 0 saturated heterocycles. The molecule has 0 aromatic heterocycles. The van der Waals surface area contributed by atoms with Crippen LogP contribution < -0.4 is 10.2 Å². The van der Waals surface area contributed by atoms with Crippen LogP contribution in [0.4, 0.5) is 0 Å². The van der Waals surface area contributed by atoms with Crippen molar-refractivity contribution in [1.29, 1.82) is 0 Å². The van der Waals surface area contributed by atoms with Gasteiger partial charge in [0.1, 0.15) is 13.2 Å². The van der Waals surface area contributed by atoms with E-state index in [2.05, 4.69) is 153 Å². The molecule has 0 aromatic carbocycles. The summed E-state index contributed by atoms with van der Waals surface area (Å²) in [6, 6.07) is -0.916. The third kappa shape index (κ3) is 65.8. The van der Waals surface area contributed by atoms with E-state index in [1.165, 1.54) is 128 Å². The van der Waals surface area contributed by atoms with E-state index in [1.807, 2.05) is 27.2 Å². The van der Waals surface area contributed by atoms with Crippen molar-refractivity contribution in [2.75, 3.05) is 40.9 Å². The number of unbranched alkanes of at least 4 members (excludes halogenated alkanes) is 25. The van der Waals surface area contributed by atoms with Gasteiger partial charge in [0.05, 0.1) is 39.9 Å². The van der Waals surface area contributed by atoms with Crippen LogP contribution in [0.25, 0.3) is 0 Å². The summed E-state index contributed by atoms with van der Waals surface area (Å²) in [5.74, 6) is -0.216. The van der Waals surface area contributed by atoms with Gasteiger partial charge >= 0.3 is 0 Å². The predicted octanol–water partition coefficient (Wildman–Crippen LogP) is 21.0. The molecule has 0 aromatic rings. The van der Waals surface area contributed by atoms with E-state index in [0.717, 1.165) is 116 Å². The zero-order valence-corrected chi connectivity index (χ0v) is 55.0. The fraction of sp³-hybridized carbons (Fsp3) is 0.662. The number of amides is 1. The van der Waals surface area contributed by atoms with E-state index in [1.54, 1.807) is 6.08 Å². The molecule has 83 heavy (non-hydrogen) atoms. The second kappa shape index (κ2) is 62.9. The Kier molecular flexibility index (Phi) is 60.2. The van der Waals surface area contributed by atoms with Gasteiger partial charge in [-0.15, -0.1) is 0 Å². The lowest BCUT2D eigenvalue weighted by atomic mass is 10.0. The summed E-state index contributed by atoms with van der Waals surface area (Å²) in [5.41, 5.74) is 0. The van der Waals surface area contributed by atoms with Crippen LogP contribution in [0.2, 0.25) is 0 Å². The maximum Gasteiger partial charge on any atom is 0.268 e. The first-order chi connectivity index (χ1) is 40.5. The number of carbonyl (C=O) groups is 1. The van der Waals surface area contributed by atoms with Gasteiger partial charge in [0.15, 0.2) is 0 Å². The van der Waals surface area contributed by atoms with Crippen LogP contribution in [0.15, 0.2) is 146 Å². The zero-order valence-electron chi connectivity index (χ0n) is 54.1. The molecule has 2 N–H and O–H groups in total. The first kappa shape index (κ1) is 79.4. The molecule has 0 aliphatic rings. The fourth-order valence-corrected chi connectivity index (χ4v) is 9.80. The first-order valence-corrected chi connectivity index (χ1v) is 35.2. The average molecular weight is 1170 g/mol. The highest BCUT2D eigenvalue weighted by Crippen LogP contribution is 2.38. The third-order valence-electron chi connectivity index (χ3n) is 14.3. The Morgan fingerprint density at radius 3 is 1.12 bits per heavy atom. The number of phosphoric ester groups is 1. The molecule has 474 valence electrons.